The summed E-state index contributed by atoms with van der Waals surface area (Å²) in [4.78, 5) is 16.3. The minimum Gasteiger partial charge on any atom is -0.482 e. The van der Waals surface area contributed by atoms with Gasteiger partial charge in [-0.2, -0.15) is 0 Å². The second kappa shape index (κ2) is 9.47. The molecule has 0 aliphatic rings. The third-order valence-corrected chi connectivity index (χ3v) is 7.69. The molecule has 0 amide bonds. The van der Waals surface area contributed by atoms with Gasteiger partial charge in [0.1, 0.15) is 17.1 Å². The molecule has 4 aromatic rings. The Morgan fingerprint density at radius 1 is 0.882 bits per heavy atom. The van der Waals surface area contributed by atoms with E-state index in [1.165, 1.54) is 0 Å². The number of H-pyrrole nitrogens is 1. The molecule has 0 unspecified atom stereocenters. The van der Waals surface area contributed by atoms with Crippen LogP contribution in [0.15, 0.2) is 83.8 Å². The fourth-order valence-electron chi connectivity index (χ4n) is 3.92. The highest BCUT2D eigenvalue weighted by Crippen LogP contribution is 2.30. The number of benzene rings is 3. The van der Waals surface area contributed by atoms with Crippen LogP contribution in [0.1, 0.15) is 37.6 Å². The van der Waals surface area contributed by atoms with E-state index in [0.29, 0.717) is 6.42 Å². The van der Waals surface area contributed by atoms with Crippen molar-refractivity contribution in [3.05, 3.63) is 95.7 Å². The lowest BCUT2D eigenvalue weighted by molar-refractivity contribution is -0.117. The molecule has 1 aromatic heterocycles. The molecule has 1 heterocycles. The quantitative estimate of drug-likeness (QED) is 0.340. The molecule has 0 aliphatic carbocycles. The lowest BCUT2D eigenvalue weighted by Crippen LogP contribution is -2.25. The number of hydrogen-bond donors (Lipinski definition) is 1. The molecule has 1 N–H and O–H groups in total. The number of rotatable bonds is 9. The molecule has 3 aromatic carbocycles. The van der Waals surface area contributed by atoms with Crippen LogP contribution in [0.3, 0.4) is 0 Å². The Balaban J connectivity index is 1.37. The summed E-state index contributed by atoms with van der Waals surface area (Å²) < 4.78 is 30.1. The molecule has 0 aliphatic heterocycles. The van der Waals surface area contributed by atoms with Gasteiger partial charge in [0.05, 0.1) is 16.3 Å². The van der Waals surface area contributed by atoms with Crippen LogP contribution in [0.5, 0.6) is 5.75 Å². The first-order chi connectivity index (χ1) is 16.2. The zero-order valence-electron chi connectivity index (χ0n) is 19.7. The fourth-order valence-corrected chi connectivity index (χ4v) is 4.81. The van der Waals surface area contributed by atoms with Crippen molar-refractivity contribution in [1.82, 2.24) is 4.98 Å². The Bertz CT molecular complexity index is 1370. The van der Waals surface area contributed by atoms with E-state index in [-0.39, 0.29) is 22.9 Å². The number of aromatic nitrogens is 1. The average Bonchev–Trinajstić information content (AvgIpc) is 3.26. The average molecular weight is 476 g/mol. The van der Waals surface area contributed by atoms with Crippen molar-refractivity contribution in [2.45, 2.75) is 44.1 Å². The van der Waals surface area contributed by atoms with E-state index in [1.807, 2.05) is 56.3 Å². The number of carbonyl (C=O) groups is 1. The second-order valence-corrected chi connectivity index (χ2v) is 11.2. The number of carbonyl (C=O) groups excluding carboxylic acids is 1. The van der Waals surface area contributed by atoms with Crippen LogP contribution in [0.2, 0.25) is 0 Å². The third-order valence-electron chi connectivity index (χ3n) is 5.94. The topological polar surface area (TPSA) is 76.2 Å². The van der Waals surface area contributed by atoms with E-state index in [9.17, 15) is 13.2 Å². The molecule has 6 heteroatoms. The first-order valence-corrected chi connectivity index (χ1v) is 13.0. The lowest BCUT2D eigenvalue weighted by atomic mass is 10.0. The van der Waals surface area contributed by atoms with Gasteiger partial charge in [0.25, 0.3) is 0 Å². The number of fused-ring (bicyclic) bond motifs is 1. The van der Waals surface area contributed by atoms with E-state index in [1.54, 1.807) is 31.2 Å². The van der Waals surface area contributed by atoms with Gasteiger partial charge in [0, 0.05) is 18.4 Å². The minimum atomic E-state index is -3.23. The van der Waals surface area contributed by atoms with Crippen molar-refractivity contribution in [3.63, 3.8) is 0 Å². The normalized spacial score (nSPS) is 12.1. The summed E-state index contributed by atoms with van der Waals surface area (Å²) in [5.41, 5.74) is 3.23. The van der Waals surface area contributed by atoms with Crippen LogP contribution < -0.4 is 4.74 Å². The SMILES string of the molecule is CCS(=O)(=O)c1ccc(CC(=O)Cc2ccc(OC(C)(C)c3cc4ccccc4[nH]3)cc2)cc1. The molecular formula is C28H29NO4S. The van der Waals surface area contributed by atoms with Gasteiger partial charge in [-0.25, -0.2) is 8.42 Å². The summed E-state index contributed by atoms with van der Waals surface area (Å²) in [6.07, 6.45) is 0.568. The van der Waals surface area contributed by atoms with Crippen molar-refractivity contribution >= 4 is 26.5 Å². The predicted molar refractivity (Wildman–Crippen MR) is 135 cm³/mol. The predicted octanol–water partition coefficient (Wildman–Crippen LogP) is 5.63. The van der Waals surface area contributed by atoms with Crippen LogP contribution in [0.25, 0.3) is 10.9 Å². The van der Waals surface area contributed by atoms with E-state index >= 15 is 0 Å². The molecule has 0 radical (unpaired) electrons. The number of hydrogen-bond acceptors (Lipinski definition) is 4. The summed E-state index contributed by atoms with van der Waals surface area (Å²) in [5, 5.41) is 1.14. The standard InChI is InChI=1S/C28H29NO4S/c1-4-34(31,32)25-15-11-21(12-16-25)18-23(30)17-20-9-13-24(14-10-20)33-28(2,3)27-19-22-7-5-6-8-26(22)29-27/h5-16,19,29H,4,17-18H2,1-3H3. The first-order valence-electron chi connectivity index (χ1n) is 11.4. The number of ether oxygens (including phenoxy) is 1. The summed E-state index contributed by atoms with van der Waals surface area (Å²) in [5.74, 6) is 0.856. The molecule has 0 saturated heterocycles. The number of nitrogens with one attached hydrogen (secondary N) is 1. The van der Waals surface area contributed by atoms with Gasteiger partial charge in [-0.05, 0) is 66.8 Å². The lowest BCUT2D eigenvalue weighted by Gasteiger charge is -2.25. The highest BCUT2D eigenvalue weighted by atomic mass is 32.2. The van der Waals surface area contributed by atoms with E-state index in [0.717, 1.165) is 33.5 Å². The zero-order chi connectivity index (χ0) is 24.3. The molecule has 176 valence electrons. The van der Waals surface area contributed by atoms with Crippen molar-refractivity contribution in [3.8, 4) is 5.75 Å². The maximum Gasteiger partial charge on any atom is 0.178 e. The Morgan fingerprint density at radius 2 is 1.47 bits per heavy atom. The van der Waals surface area contributed by atoms with Crippen molar-refractivity contribution < 1.29 is 17.9 Å². The van der Waals surface area contributed by atoms with E-state index in [4.69, 9.17) is 4.74 Å². The number of aromatic amines is 1. The van der Waals surface area contributed by atoms with E-state index < -0.39 is 15.4 Å². The highest BCUT2D eigenvalue weighted by Gasteiger charge is 2.25. The molecule has 0 spiro atoms. The van der Waals surface area contributed by atoms with Gasteiger partial charge < -0.3 is 9.72 Å². The zero-order valence-corrected chi connectivity index (χ0v) is 20.5. The molecule has 0 atom stereocenters. The van der Waals surface area contributed by atoms with Gasteiger partial charge >= 0.3 is 0 Å². The summed E-state index contributed by atoms with van der Waals surface area (Å²) in [6, 6.07) is 24.4. The molecule has 34 heavy (non-hydrogen) atoms. The molecule has 0 saturated carbocycles. The summed E-state index contributed by atoms with van der Waals surface area (Å²) in [6.45, 7) is 5.66. The van der Waals surface area contributed by atoms with Crippen molar-refractivity contribution in [2.24, 2.45) is 0 Å². The monoisotopic (exact) mass is 475 g/mol. The highest BCUT2D eigenvalue weighted by molar-refractivity contribution is 7.91. The molecule has 4 rings (SSSR count). The largest absolute Gasteiger partial charge is 0.482 e. The van der Waals surface area contributed by atoms with Crippen LogP contribution >= 0.6 is 0 Å². The maximum atomic E-state index is 12.6. The number of Topliss-reactive ketones (excluding diaryl/α,β-unsaturated/α-hetero) is 1. The van der Waals surface area contributed by atoms with Crippen LogP contribution in [0.4, 0.5) is 0 Å². The maximum absolute atomic E-state index is 12.6. The molecule has 0 bridgehead atoms. The summed E-state index contributed by atoms with van der Waals surface area (Å²) >= 11 is 0. The first kappa shape index (κ1) is 23.8. The number of sulfone groups is 1. The number of ketones is 1. The summed E-state index contributed by atoms with van der Waals surface area (Å²) in [7, 11) is -3.23. The van der Waals surface area contributed by atoms with Crippen molar-refractivity contribution in [1.29, 1.82) is 0 Å². The fraction of sp³-hybridized carbons (Fsp3) is 0.250. The van der Waals surface area contributed by atoms with Gasteiger partial charge in [0.15, 0.2) is 9.84 Å². The minimum absolute atomic E-state index is 0.0595. The Morgan fingerprint density at radius 3 is 2.06 bits per heavy atom. The molecule has 0 fully saturated rings. The third kappa shape index (κ3) is 5.39. The second-order valence-electron chi connectivity index (χ2n) is 8.97. The van der Waals surface area contributed by atoms with Gasteiger partial charge in [0.2, 0.25) is 0 Å². The Labute approximate surface area is 200 Å². The van der Waals surface area contributed by atoms with Crippen LogP contribution in [-0.4, -0.2) is 24.9 Å². The number of para-hydroxylation sites is 1. The van der Waals surface area contributed by atoms with Crippen molar-refractivity contribution in [2.75, 3.05) is 5.75 Å². The molecule has 5 nitrogen and oxygen atoms in total. The van der Waals surface area contributed by atoms with Gasteiger partial charge in [-0.3, -0.25) is 4.79 Å². The van der Waals surface area contributed by atoms with Crippen LogP contribution in [0, 0.1) is 0 Å². The Kier molecular flexibility index (Phi) is 6.62. The van der Waals surface area contributed by atoms with Gasteiger partial charge in [-0.15, -0.1) is 0 Å². The van der Waals surface area contributed by atoms with Gasteiger partial charge in [-0.1, -0.05) is 49.4 Å². The Hall–Kier alpha value is -3.38. The molecular weight excluding hydrogens is 446 g/mol. The van der Waals surface area contributed by atoms with E-state index in [2.05, 4.69) is 17.1 Å². The smallest absolute Gasteiger partial charge is 0.178 e. The van der Waals surface area contributed by atoms with Crippen LogP contribution in [-0.2, 0) is 33.1 Å².